The van der Waals surface area contributed by atoms with Crippen molar-refractivity contribution in [3.8, 4) is 23.0 Å². The van der Waals surface area contributed by atoms with Crippen LogP contribution in [0.5, 0.6) is 11.5 Å². The van der Waals surface area contributed by atoms with Crippen LogP contribution in [-0.2, 0) is 6.54 Å². The Labute approximate surface area is 186 Å². The van der Waals surface area contributed by atoms with Gasteiger partial charge in [0.05, 0.1) is 13.7 Å². The van der Waals surface area contributed by atoms with Crippen molar-refractivity contribution in [3.63, 3.8) is 0 Å². The summed E-state index contributed by atoms with van der Waals surface area (Å²) in [5.41, 5.74) is 2.63. The third-order valence-electron chi connectivity index (χ3n) is 4.95. The van der Waals surface area contributed by atoms with Crippen molar-refractivity contribution in [2.75, 3.05) is 13.7 Å². The van der Waals surface area contributed by atoms with Gasteiger partial charge in [-0.1, -0.05) is 36.4 Å². The Morgan fingerprint density at radius 1 is 0.969 bits per heavy atom. The molecule has 0 aliphatic rings. The molecule has 1 atom stereocenters. The number of halogens is 1. The van der Waals surface area contributed by atoms with Crippen molar-refractivity contribution in [2.45, 2.75) is 19.5 Å². The lowest BCUT2D eigenvalue weighted by atomic mass is 10.1. The summed E-state index contributed by atoms with van der Waals surface area (Å²) in [6.45, 7) is 2.98. The number of methoxy groups -OCH3 is 1. The van der Waals surface area contributed by atoms with Crippen LogP contribution in [0.1, 0.15) is 30.0 Å². The van der Waals surface area contributed by atoms with Crippen molar-refractivity contribution < 1.29 is 18.3 Å². The quantitative estimate of drug-likeness (QED) is 0.393. The Morgan fingerprint density at radius 2 is 1.75 bits per heavy atom. The summed E-state index contributed by atoms with van der Waals surface area (Å²) in [5, 5.41) is 11.9. The summed E-state index contributed by atoms with van der Waals surface area (Å²) in [7, 11) is 1.61. The highest BCUT2D eigenvalue weighted by molar-refractivity contribution is 5.52. The number of hydrogen-bond acceptors (Lipinski definition) is 6. The molecule has 7 heteroatoms. The zero-order valence-electron chi connectivity index (χ0n) is 17.9. The largest absolute Gasteiger partial charge is 0.493 e. The van der Waals surface area contributed by atoms with E-state index in [0.29, 0.717) is 36.4 Å². The number of ether oxygens (including phenoxy) is 2. The van der Waals surface area contributed by atoms with Gasteiger partial charge in [-0.2, -0.15) is 0 Å². The molecule has 1 heterocycles. The van der Waals surface area contributed by atoms with Crippen LogP contribution in [-0.4, -0.2) is 23.9 Å². The normalized spacial score (nSPS) is 11.8. The summed E-state index contributed by atoms with van der Waals surface area (Å²) in [6, 6.07) is 21.1. The fourth-order valence-electron chi connectivity index (χ4n) is 3.37. The van der Waals surface area contributed by atoms with Crippen LogP contribution in [0.3, 0.4) is 0 Å². The summed E-state index contributed by atoms with van der Waals surface area (Å²) in [6.07, 6.45) is 0. The van der Waals surface area contributed by atoms with Gasteiger partial charge in [-0.15, -0.1) is 10.2 Å². The molecule has 1 aromatic heterocycles. The molecular weight excluding hydrogens is 409 g/mol. The second kappa shape index (κ2) is 10.1. The molecule has 0 fully saturated rings. The maximum absolute atomic E-state index is 13.5. The Bertz CT molecular complexity index is 1150. The van der Waals surface area contributed by atoms with E-state index in [1.165, 1.54) is 12.1 Å². The zero-order chi connectivity index (χ0) is 22.3. The third-order valence-corrected chi connectivity index (χ3v) is 4.95. The van der Waals surface area contributed by atoms with Gasteiger partial charge in [0.15, 0.2) is 11.5 Å². The maximum atomic E-state index is 13.5. The van der Waals surface area contributed by atoms with Gasteiger partial charge in [0.1, 0.15) is 11.9 Å². The Kier molecular flexibility index (Phi) is 6.77. The van der Waals surface area contributed by atoms with Gasteiger partial charge in [0.25, 0.3) is 0 Å². The smallest absolute Gasteiger partial charge is 0.247 e. The lowest BCUT2D eigenvalue weighted by Gasteiger charge is -2.17. The van der Waals surface area contributed by atoms with E-state index >= 15 is 0 Å². The average Bonchev–Trinajstić information content (AvgIpc) is 3.32. The second-order valence-corrected chi connectivity index (χ2v) is 7.10. The molecule has 0 radical (unpaired) electrons. The molecule has 0 spiro atoms. The van der Waals surface area contributed by atoms with Gasteiger partial charge in [0, 0.05) is 12.1 Å². The van der Waals surface area contributed by atoms with Crippen LogP contribution < -0.4 is 14.8 Å². The van der Waals surface area contributed by atoms with E-state index in [0.717, 1.165) is 16.7 Å². The molecule has 4 rings (SSSR count). The number of nitrogens with zero attached hydrogens (tertiary/aromatic N) is 2. The van der Waals surface area contributed by atoms with E-state index in [9.17, 15) is 4.39 Å². The summed E-state index contributed by atoms with van der Waals surface area (Å²) in [4.78, 5) is 0. The van der Waals surface area contributed by atoms with Gasteiger partial charge in [-0.3, -0.25) is 5.32 Å². The molecule has 0 aliphatic carbocycles. The van der Waals surface area contributed by atoms with E-state index in [4.69, 9.17) is 13.9 Å². The van der Waals surface area contributed by atoms with E-state index < -0.39 is 6.04 Å². The minimum Gasteiger partial charge on any atom is -0.493 e. The van der Waals surface area contributed by atoms with Crippen molar-refractivity contribution in [1.82, 2.24) is 15.5 Å². The highest BCUT2D eigenvalue weighted by Gasteiger charge is 2.21. The van der Waals surface area contributed by atoms with Crippen molar-refractivity contribution in [1.29, 1.82) is 0 Å². The lowest BCUT2D eigenvalue weighted by Crippen LogP contribution is -2.22. The van der Waals surface area contributed by atoms with Crippen LogP contribution in [0.15, 0.2) is 77.2 Å². The first-order chi connectivity index (χ1) is 15.7. The highest BCUT2D eigenvalue weighted by atomic mass is 19.1. The summed E-state index contributed by atoms with van der Waals surface area (Å²) >= 11 is 0. The first-order valence-corrected chi connectivity index (χ1v) is 10.3. The molecule has 0 amide bonds. The molecular formula is C25H24FN3O3. The predicted octanol–water partition coefficient (Wildman–Crippen LogP) is 5.16. The molecule has 0 aliphatic heterocycles. The van der Waals surface area contributed by atoms with Gasteiger partial charge >= 0.3 is 0 Å². The molecule has 4 aromatic rings. The first kappa shape index (κ1) is 21.5. The van der Waals surface area contributed by atoms with Gasteiger partial charge in [-0.05, 0) is 54.4 Å². The van der Waals surface area contributed by atoms with Gasteiger partial charge in [0.2, 0.25) is 11.8 Å². The van der Waals surface area contributed by atoms with Crippen molar-refractivity contribution >= 4 is 0 Å². The van der Waals surface area contributed by atoms with Crippen LogP contribution >= 0.6 is 0 Å². The van der Waals surface area contributed by atoms with E-state index in [2.05, 4.69) is 15.5 Å². The summed E-state index contributed by atoms with van der Waals surface area (Å²) in [5.74, 6) is 1.87. The number of rotatable bonds is 9. The molecule has 164 valence electrons. The Balaban J connectivity index is 1.60. The standard InChI is InChI=1S/C25H24FN3O3/c1-3-31-21-14-9-17(15-22(21)30-2)16-27-23(18-10-12-20(26)13-11-18)25-29-28-24(32-25)19-7-5-4-6-8-19/h4-15,23,27H,3,16H2,1-2H3/t23-/m0/s1. The zero-order valence-corrected chi connectivity index (χ0v) is 17.9. The molecule has 1 N–H and O–H groups in total. The minimum absolute atomic E-state index is 0.306. The van der Waals surface area contributed by atoms with Gasteiger partial charge in [-0.25, -0.2) is 4.39 Å². The molecule has 0 saturated carbocycles. The lowest BCUT2D eigenvalue weighted by molar-refractivity contribution is 0.310. The summed E-state index contributed by atoms with van der Waals surface area (Å²) < 4.78 is 30.5. The predicted molar refractivity (Wildman–Crippen MR) is 119 cm³/mol. The first-order valence-electron chi connectivity index (χ1n) is 10.3. The fraction of sp³-hybridized carbons (Fsp3) is 0.200. The topological polar surface area (TPSA) is 69.4 Å². The van der Waals surface area contributed by atoms with Crippen LogP contribution in [0.4, 0.5) is 4.39 Å². The van der Waals surface area contributed by atoms with Crippen LogP contribution in [0.25, 0.3) is 11.5 Å². The Hall–Kier alpha value is -3.71. The third kappa shape index (κ3) is 4.95. The highest BCUT2D eigenvalue weighted by Crippen LogP contribution is 2.29. The number of hydrogen-bond donors (Lipinski definition) is 1. The molecule has 0 unspecified atom stereocenters. The maximum Gasteiger partial charge on any atom is 0.247 e. The SMILES string of the molecule is CCOc1ccc(CN[C@@H](c2ccc(F)cc2)c2nnc(-c3ccccc3)o2)cc1OC. The van der Waals surface area contributed by atoms with Crippen LogP contribution in [0.2, 0.25) is 0 Å². The van der Waals surface area contributed by atoms with E-state index in [-0.39, 0.29) is 5.82 Å². The Morgan fingerprint density at radius 3 is 2.47 bits per heavy atom. The molecule has 6 nitrogen and oxygen atoms in total. The van der Waals surface area contributed by atoms with E-state index in [1.807, 2.05) is 55.5 Å². The molecule has 32 heavy (non-hydrogen) atoms. The van der Waals surface area contributed by atoms with Crippen molar-refractivity contribution in [3.05, 3.63) is 95.6 Å². The molecule has 3 aromatic carbocycles. The minimum atomic E-state index is -0.418. The van der Waals surface area contributed by atoms with E-state index in [1.54, 1.807) is 19.2 Å². The number of benzene rings is 3. The fourth-order valence-corrected chi connectivity index (χ4v) is 3.37. The monoisotopic (exact) mass is 433 g/mol. The molecule has 0 bridgehead atoms. The number of nitrogens with one attached hydrogen (secondary N) is 1. The van der Waals surface area contributed by atoms with Crippen LogP contribution in [0, 0.1) is 5.82 Å². The number of aromatic nitrogens is 2. The van der Waals surface area contributed by atoms with Crippen molar-refractivity contribution in [2.24, 2.45) is 0 Å². The van der Waals surface area contributed by atoms with Gasteiger partial charge < -0.3 is 13.9 Å². The average molecular weight is 433 g/mol. The molecule has 0 saturated heterocycles. The second-order valence-electron chi connectivity index (χ2n) is 7.10.